The molecule has 0 radical (unpaired) electrons. The fraction of sp³-hybridized carbons (Fsp3) is 0.667. The zero-order valence-corrected chi connectivity index (χ0v) is 13.9. The molecule has 3 heteroatoms. The van der Waals surface area contributed by atoms with E-state index in [2.05, 4.69) is 57.8 Å². The predicted molar refractivity (Wildman–Crippen MR) is 87.5 cm³/mol. The monoisotopic (exact) mass is 291 g/mol. The Bertz CT molecular complexity index is 412. The lowest BCUT2D eigenvalue weighted by Crippen LogP contribution is -2.60. The van der Waals surface area contributed by atoms with Crippen molar-refractivity contribution >= 4 is 0 Å². The molecule has 21 heavy (non-hydrogen) atoms. The molecule has 0 amide bonds. The Hall–Kier alpha value is -1.08. The minimum absolute atomic E-state index is 0.0627. The Kier molecular flexibility index (Phi) is 6.22. The topological polar surface area (TPSA) is 32.7 Å². The molecule has 1 fully saturated rings. The Morgan fingerprint density at radius 2 is 1.81 bits per heavy atom. The summed E-state index contributed by atoms with van der Waals surface area (Å²) in [6.07, 6.45) is 6.19. The SMILES string of the molecule is C=CC#CC(C=C)C(CO)ON1C(C)(C)CCCC1(C)C. The van der Waals surface area contributed by atoms with Crippen molar-refractivity contribution in [3.05, 3.63) is 25.3 Å². The maximum Gasteiger partial charge on any atom is 0.119 e. The lowest BCUT2D eigenvalue weighted by atomic mass is 9.82. The van der Waals surface area contributed by atoms with E-state index in [9.17, 15) is 5.11 Å². The van der Waals surface area contributed by atoms with Crippen LogP contribution in [0.1, 0.15) is 47.0 Å². The molecule has 0 aromatic carbocycles. The summed E-state index contributed by atoms with van der Waals surface area (Å²) in [4.78, 5) is 6.20. The van der Waals surface area contributed by atoms with Gasteiger partial charge in [-0.25, -0.2) is 0 Å². The van der Waals surface area contributed by atoms with Crippen molar-refractivity contribution in [1.82, 2.24) is 5.06 Å². The highest BCUT2D eigenvalue weighted by Crippen LogP contribution is 2.39. The third-order valence-electron chi connectivity index (χ3n) is 4.10. The molecule has 1 aliphatic rings. The van der Waals surface area contributed by atoms with Crippen LogP contribution in [0.4, 0.5) is 0 Å². The summed E-state index contributed by atoms with van der Waals surface area (Å²) in [5.41, 5.74) is -0.125. The van der Waals surface area contributed by atoms with Crippen LogP contribution in [0.5, 0.6) is 0 Å². The molecule has 1 heterocycles. The minimum atomic E-state index is -0.411. The second kappa shape index (κ2) is 7.26. The van der Waals surface area contributed by atoms with Gasteiger partial charge in [0, 0.05) is 11.1 Å². The number of hydrogen-bond acceptors (Lipinski definition) is 3. The van der Waals surface area contributed by atoms with E-state index in [1.54, 1.807) is 12.2 Å². The number of hydrogen-bond donors (Lipinski definition) is 1. The van der Waals surface area contributed by atoms with Crippen LogP contribution >= 0.6 is 0 Å². The van der Waals surface area contributed by atoms with E-state index in [4.69, 9.17) is 4.84 Å². The number of aliphatic hydroxyl groups excluding tert-OH is 1. The third kappa shape index (κ3) is 4.44. The number of nitrogens with zero attached hydrogens (tertiary/aromatic N) is 1. The summed E-state index contributed by atoms with van der Waals surface area (Å²) < 4.78 is 0. The lowest BCUT2D eigenvalue weighted by molar-refractivity contribution is -0.311. The van der Waals surface area contributed by atoms with Gasteiger partial charge in [-0.1, -0.05) is 24.5 Å². The highest BCUT2D eigenvalue weighted by atomic mass is 16.7. The van der Waals surface area contributed by atoms with Crippen LogP contribution in [-0.2, 0) is 4.84 Å². The molecule has 2 atom stereocenters. The van der Waals surface area contributed by atoms with Crippen molar-refractivity contribution in [2.75, 3.05) is 6.61 Å². The Labute approximate surface area is 129 Å². The van der Waals surface area contributed by atoms with Gasteiger partial charge in [-0.2, -0.15) is 5.06 Å². The molecule has 1 rings (SSSR count). The zero-order chi connectivity index (χ0) is 16.1. The van der Waals surface area contributed by atoms with E-state index >= 15 is 0 Å². The first-order valence-electron chi connectivity index (χ1n) is 7.61. The standard InChI is InChI=1S/C18H29NO2/c1-7-9-11-15(8-2)16(14-20)21-19-17(3,4)12-10-13-18(19,5)6/h7-8,15-16,20H,1-2,10,12-14H2,3-6H3. The van der Waals surface area contributed by atoms with E-state index in [1.165, 1.54) is 6.42 Å². The molecule has 3 nitrogen and oxygen atoms in total. The largest absolute Gasteiger partial charge is 0.394 e. The van der Waals surface area contributed by atoms with Gasteiger partial charge in [0.1, 0.15) is 6.10 Å². The predicted octanol–water partition coefficient (Wildman–Crippen LogP) is 3.31. The smallest absolute Gasteiger partial charge is 0.119 e. The number of allylic oxidation sites excluding steroid dienone is 1. The summed E-state index contributed by atoms with van der Waals surface area (Å²) in [6, 6.07) is 0. The molecule has 0 aromatic rings. The Morgan fingerprint density at radius 3 is 2.24 bits per heavy atom. The first kappa shape index (κ1) is 18.0. The second-order valence-electron chi connectivity index (χ2n) is 6.85. The first-order valence-corrected chi connectivity index (χ1v) is 7.61. The fourth-order valence-corrected chi connectivity index (χ4v) is 3.07. The summed E-state index contributed by atoms with van der Waals surface area (Å²) in [7, 11) is 0. The second-order valence-corrected chi connectivity index (χ2v) is 6.85. The lowest BCUT2D eigenvalue weighted by Gasteiger charge is -2.52. The van der Waals surface area contributed by atoms with E-state index in [0.29, 0.717) is 0 Å². The summed E-state index contributed by atoms with van der Waals surface area (Å²) in [6.45, 7) is 16.0. The number of rotatable bonds is 5. The van der Waals surface area contributed by atoms with Crippen molar-refractivity contribution in [1.29, 1.82) is 0 Å². The molecule has 0 bridgehead atoms. The molecule has 0 spiro atoms. The van der Waals surface area contributed by atoms with Gasteiger partial charge < -0.3 is 5.11 Å². The van der Waals surface area contributed by atoms with Crippen LogP contribution in [0.25, 0.3) is 0 Å². The molecule has 1 aliphatic heterocycles. The van der Waals surface area contributed by atoms with Crippen LogP contribution < -0.4 is 0 Å². The van der Waals surface area contributed by atoms with Gasteiger partial charge in [0.05, 0.1) is 12.5 Å². The average Bonchev–Trinajstić information content (AvgIpc) is 2.40. The van der Waals surface area contributed by atoms with E-state index in [-0.39, 0.29) is 23.6 Å². The van der Waals surface area contributed by atoms with Gasteiger partial charge in [-0.05, 0) is 53.0 Å². The molecule has 0 aromatic heterocycles. The molecule has 0 saturated carbocycles. The molecule has 0 aliphatic carbocycles. The van der Waals surface area contributed by atoms with Crippen molar-refractivity contribution in [3.63, 3.8) is 0 Å². The van der Waals surface area contributed by atoms with Crippen molar-refractivity contribution in [2.45, 2.75) is 64.1 Å². The van der Waals surface area contributed by atoms with E-state index < -0.39 is 6.10 Å². The van der Waals surface area contributed by atoms with Crippen molar-refractivity contribution in [3.8, 4) is 11.8 Å². The fourth-order valence-electron chi connectivity index (χ4n) is 3.07. The normalized spacial score (nSPS) is 23.5. The molecule has 2 unspecified atom stereocenters. The van der Waals surface area contributed by atoms with Gasteiger partial charge >= 0.3 is 0 Å². The minimum Gasteiger partial charge on any atom is -0.394 e. The van der Waals surface area contributed by atoms with Gasteiger partial charge in [0.25, 0.3) is 0 Å². The number of hydroxylamine groups is 2. The maximum absolute atomic E-state index is 9.70. The number of piperidine rings is 1. The highest BCUT2D eigenvalue weighted by Gasteiger charge is 2.44. The summed E-state index contributed by atoms with van der Waals surface area (Å²) in [5.74, 6) is 5.62. The zero-order valence-electron chi connectivity index (χ0n) is 13.9. The Morgan fingerprint density at radius 1 is 1.24 bits per heavy atom. The quantitative estimate of drug-likeness (QED) is 0.623. The third-order valence-corrected chi connectivity index (χ3v) is 4.10. The summed E-state index contributed by atoms with van der Waals surface area (Å²) >= 11 is 0. The first-order chi connectivity index (χ1) is 9.78. The van der Waals surface area contributed by atoms with Gasteiger partial charge in [0.2, 0.25) is 0 Å². The number of aliphatic hydroxyl groups is 1. The average molecular weight is 291 g/mol. The van der Waals surface area contributed by atoms with Gasteiger partial charge in [-0.3, -0.25) is 4.84 Å². The van der Waals surface area contributed by atoms with E-state index in [1.807, 2.05) is 0 Å². The van der Waals surface area contributed by atoms with Crippen molar-refractivity contribution < 1.29 is 9.94 Å². The van der Waals surface area contributed by atoms with Crippen LogP contribution in [-0.4, -0.2) is 34.0 Å². The molecule has 1 N–H and O–H groups in total. The van der Waals surface area contributed by atoms with Crippen LogP contribution in [0.3, 0.4) is 0 Å². The van der Waals surface area contributed by atoms with Gasteiger partial charge in [0.15, 0.2) is 0 Å². The molecular formula is C18H29NO2. The maximum atomic E-state index is 9.70. The molecule has 118 valence electrons. The highest BCUT2D eigenvalue weighted by molar-refractivity contribution is 5.19. The van der Waals surface area contributed by atoms with E-state index in [0.717, 1.165) is 12.8 Å². The van der Waals surface area contributed by atoms with Gasteiger partial charge in [-0.15, -0.1) is 6.58 Å². The van der Waals surface area contributed by atoms with Crippen molar-refractivity contribution in [2.24, 2.45) is 5.92 Å². The molecular weight excluding hydrogens is 262 g/mol. The molecule has 1 saturated heterocycles. The summed E-state index contributed by atoms with van der Waals surface area (Å²) in [5, 5.41) is 11.8. The van der Waals surface area contributed by atoms with Crippen LogP contribution in [0.2, 0.25) is 0 Å². The van der Waals surface area contributed by atoms with Crippen LogP contribution in [0, 0.1) is 17.8 Å². The Balaban J connectivity index is 2.96. The van der Waals surface area contributed by atoms with Crippen LogP contribution in [0.15, 0.2) is 25.3 Å².